The van der Waals surface area contributed by atoms with Crippen LogP contribution in [-0.4, -0.2) is 69.2 Å². The summed E-state index contributed by atoms with van der Waals surface area (Å²) in [5, 5.41) is 11.7. The number of nitrogens with zero attached hydrogens (tertiary/aromatic N) is 6. The van der Waals surface area contributed by atoms with Gasteiger partial charge in [0.05, 0.1) is 30.7 Å². The number of ether oxygens (including phenoxy) is 2. The van der Waals surface area contributed by atoms with Crippen molar-refractivity contribution in [1.29, 1.82) is 0 Å². The minimum atomic E-state index is -0.693. The minimum Gasteiger partial charge on any atom is -0.460 e. The lowest BCUT2D eigenvalue weighted by Crippen LogP contribution is -2.38. The van der Waals surface area contributed by atoms with Crippen molar-refractivity contribution < 1.29 is 28.3 Å². The number of carbonyl (C=O) groups is 2. The van der Waals surface area contributed by atoms with Crippen LogP contribution >= 0.6 is 0 Å². The molecule has 3 atom stereocenters. The molecular weight excluding hydrogens is 509 g/mol. The van der Waals surface area contributed by atoms with Gasteiger partial charge in [-0.3, -0.25) is 14.7 Å². The average Bonchev–Trinajstić information content (AvgIpc) is 3.69. The highest BCUT2D eigenvalue weighted by atomic mass is 19.1. The molecule has 1 fully saturated rings. The van der Waals surface area contributed by atoms with Gasteiger partial charge >= 0.3 is 12.1 Å². The molecule has 2 N–H and O–H groups in total. The maximum Gasteiger partial charge on any atom is 0.414 e. The van der Waals surface area contributed by atoms with Gasteiger partial charge in [0.2, 0.25) is 0 Å². The van der Waals surface area contributed by atoms with Crippen LogP contribution in [0.15, 0.2) is 54.1 Å². The summed E-state index contributed by atoms with van der Waals surface area (Å²) in [6.07, 6.45) is 3.77. The van der Waals surface area contributed by atoms with Crippen LogP contribution in [0.1, 0.15) is 26.0 Å². The second-order valence-corrected chi connectivity index (χ2v) is 9.71. The summed E-state index contributed by atoms with van der Waals surface area (Å²) in [6, 6.07) is 7.33. The van der Waals surface area contributed by atoms with E-state index in [-0.39, 0.29) is 19.1 Å². The predicted molar refractivity (Wildman–Crippen MR) is 137 cm³/mol. The van der Waals surface area contributed by atoms with Crippen LogP contribution in [0.25, 0.3) is 11.1 Å². The first kappa shape index (κ1) is 26.2. The second-order valence-electron chi connectivity index (χ2n) is 9.71. The van der Waals surface area contributed by atoms with Crippen molar-refractivity contribution in [2.24, 2.45) is 16.8 Å². The number of carbonyl (C=O) groups excluding carboxylic acids is 2. The molecule has 2 aliphatic heterocycles. The molecule has 1 amide bonds. The average molecular weight is 538 g/mol. The highest BCUT2D eigenvalue weighted by molar-refractivity contribution is 5.99. The highest BCUT2D eigenvalue weighted by Gasteiger charge is 2.33. The number of pyridine rings is 1. The number of anilines is 1. The van der Waals surface area contributed by atoms with E-state index in [0.29, 0.717) is 41.2 Å². The lowest BCUT2D eigenvalue weighted by Gasteiger charge is -2.15. The second kappa shape index (κ2) is 11.2. The number of halogens is 1. The van der Waals surface area contributed by atoms with Crippen molar-refractivity contribution in [2.45, 2.75) is 45.1 Å². The molecule has 3 aromatic rings. The van der Waals surface area contributed by atoms with Gasteiger partial charge in [-0.05, 0) is 30.2 Å². The van der Waals surface area contributed by atoms with Gasteiger partial charge in [0.1, 0.15) is 30.3 Å². The number of aromatic nitrogens is 4. The summed E-state index contributed by atoms with van der Waals surface area (Å²) in [6.45, 7) is 4.35. The van der Waals surface area contributed by atoms with Crippen LogP contribution in [-0.2, 0) is 25.7 Å². The Kier molecular flexibility index (Phi) is 7.50. The van der Waals surface area contributed by atoms with E-state index in [1.54, 1.807) is 47.5 Å². The largest absolute Gasteiger partial charge is 0.460 e. The Labute approximate surface area is 223 Å². The fourth-order valence-electron chi connectivity index (χ4n) is 4.21. The molecule has 0 unspecified atom stereocenters. The molecule has 204 valence electrons. The topological polar surface area (TPSA) is 147 Å². The Bertz CT molecular complexity index is 1360. The number of benzene rings is 1. The van der Waals surface area contributed by atoms with E-state index in [9.17, 15) is 9.59 Å². The summed E-state index contributed by atoms with van der Waals surface area (Å²) in [7, 11) is 0. The lowest BCUT2D eigenvalue weighted by atomic mass is 10.0. The predicted octanol–water partition coefficient (Wildman–Crippen LogP) is 2.52. The van der Waals surface area contributed by atoms with Crippen LogP contribution in [0.3, 0.4) is 0 Å². The number of cyclic esters (lactones) is 1. The molecule has 1 aromatic carbocycles. The fourth-order valence-corrected chi connectivity index (χ4v) is 4.21. The number of amides is 1. The lowest BCUT2D eigenvalue weighted by molar-refractivity contribution is -0.149. The van der Waals surface area contributed by atoms with E-state index in [1.807, 2.05) is 13.8 Å². The van der Waals surface area contributed by atoms with Crippen molar-refractivity contribution in [3.8, 4) is 11.1 Å². The van der Waals surface area contributed by atoms with Gasteiger partial charge in [0, 0.05) is 29.9 Å². The monoisotopic (exact) mass is 537 g/mol. The summed E-state index contributed by atoms with van der Waals surface area (Å²) in [4.78, 5) is 35.5. The third-order valence-corrected chi connectivity index (χ3v) is 6.51. The highest BCUT2D eigenvalue weighted by Crippen LogP contribution is 2.29. The number of hydrogen-bond donors (Lipinski definition) is 1. The maximum absolute atomic E-state index is 15.1. The Morgan fingerprint density at radius 1 is 1.26 bits per heavy atom. The van der Waals surface area contributed by atoms with Gasteiger partial charge in [-0.25, -0.2) is 13.9 Å². The molecular formula is C26H28FN7O5. The van der Waals surface area contributed by atoms with Gasteiger partial charge < -0.3 is 20.0 Å². The molecule has 2 aliphatic rings. The van der Waals surface area contributed by atoms with E-state index >= 15 is 4.39 Å². The van der Waals surface area contributed by atoms with E-state index < -0.39 is 36.1 Å². The number of esters is 1. The van der Waals surface area contributed by atoms with Crippen molar-refractivity contribution >= 4 is 23.5 Å². The molecule has 1 saturated heterocycles. The fraction of sp³-hybridized carbons (Fsp3) is 0.385. The van der Waals surface area contributed by atoms with Gasteiger partial charge in [-0.2, -0.15) is 0 Å². The molecule has 4 heterocycles. The zero-order valence-corrected chi connectivity index (χ0v) is 21.4. The van der Waals surface area contributed by atoms with Crippen molar-refractivity contribution in [3.63, 3.8) is 0 Å². The van der Waals surface area contributed by atoms with Crippen molar-refractivity contribution in [3.05, 3.63) is 60.4 Å². The minimum absolute atomic E-state index is 0.0299. The first-order chi connectivity index (χ1) is 18.8. The molecule has 0 spiro atoms. The van der Waals surface area contributed by atoms with E-state index in [0.717, 1.165) is 0 Å². The Morgan fingerprint density at radius 2 is 2.10 bits per heavy atom. The standard InChI is InChI=1S/C26H28FN7O5/c1-15(2)24(28)25(35)37-14-18-10-23(31-39-18)22-6-3-16(11-29-22)20-5-4-17(9-21(20)27)34-13-19(38-26(34)36)12-33-8-7-30-32-33/h3-9,11,15,18-19,24H,10,12-14,28H2,1-2H3/t18-,19-,24-/m0/s1. The molecule has 0 aliphatic carbocycles. The third kappa shape index (κ3) is 5.87. The maximum atomic E-state index is 15.1. The number of oxime groups is 1. The number of rotatable bonds is 9. The molecule has 2 aromatic heterocycles. The third-order valence-electron chi connectivity index (χ3n) is 6.51. The Morgan fingerprint density at radius 3 is 2.79 bits per heavy atom. The Hall–Kier alpha value is -4.39. The number of hydrogen-bond acceptors (Lipinski definition) is 10. The molecule has 0 radical (unpaired) electrons. The zero-order valence-electron chi connectivity index (χ0n) is 21.4. The van der Waals surface area contributed by atoms with E-state index in [4.69, 9.17) is 20.0 Å². The van der Waals surface area contributed by atoms with Gasteiger partial charge in [0.15, 0.2) is 6.10 Å². The van der Waals surface area contributed by atoms with Gasteiger partial charge in [0.25, 0.3) is 0 Å². The summed E-state index contributed by atoms with van der Waals surface area (Å²) < 4.78 is 27.3. The van der Waals surface area contributed by atoms with E-state index in [2.05, 4.69) is 20.5 Å². The normalized spacial score (nSPS) is 19.6. The van der Waals surface area contributed by atoms with Gasteiger partial charge in [-0.1, -0.05) is 30.3 Å². The summed E-state index contributed by atoms with van der Waals surface area (Å²) in [5.41, 5.74) is 8.26. The van der Waals surface area contributed by atoms with Crippen LogP contribution in [0.5, 0.6) is 0 Å². The smallest absolute Gasteiger partial charge is 0.414 e. The first-order valence-electron chi connectivity index (χ1n) is 12.5. The van der Waals surface area contributed by atoms with Crippen LogP contribution in [0.2, 0.25) is 0 Å². The molecule has 12 nitrogen and oxygen atoms in total. The quantitative estimate of drug-likeness (QED) is 0.407. The van der Waals surface area contributed by atoms with Crippen molar-refractivity contribution in [2.75, 3.05) is 18.1 Å². The molecule has 13 heteroatoms. The van der Waals surface area contributed by atoms with Crippen molar-refractivity contribution in [1.82, 2.24) is 20.0 Å². The summed E-state index contributed by atoms with van der Waals surface area (Å²) >= 11 is 0. The molecule has 5 rings (SSSR count). The SMILES string of the molecule is CC(C)[C@H](N)C(=O)OC[C@@H]1CC(c2ccc(-c3ccc(N4C[C@H](Cn5ccnn5)OC4=O)cc3F)cn2)=NO1. The molecule has 0 bridgehead atoms. The van der Waals surface area contributed by atoms with Crippen LogP contribution < -0.4 is 10.6 Å². The Balaban J connectivity index is 1.19. The molecule has 39 heavy (non-hydrogen) atoms. The van der Waals surface area contributed by atoms with Crippen LogP contribution in [0, 0.1) is 11.7 Å². The van der Waals surface area contributed by atoms with Crippen LogP contribution in [0.4, 0.5) is 14.9 Å². The summed E-state index contributed by atoms with van der Waals surface area (Å²) in [5.74, 6) is -1.01. The zero-order chi connectivity index (χ0) is 27.5. The van der Waals surface area contributed by atoms with Gasteiger partial charge in [-0.15, -0.1) is 5.10 Å². The number of nitrogens with two attached hydrogens (primary N) is 1. The molecule has 0 saturated carbocycles. The first-order valence-corrected chi connectivity index (χ1v) is 12.5. The van der Waals surface area contributed by atoms with E-state index in [1.165, 1.54) is 11.0 Å².